The van der Waals surface area contributed by atoms with Gasteiger partial charge >= 0.3 is 0 Å². The number of rotatable bonds is 2. The van der Waals surface area contributed by atoms with Crippen molar-refractivity contribution in [3.05, 3.63) is 44.4 Å². The number of hydrogen-bond acceptors (Lipinski definition) is 1. The van der Waals surface area contributed by atoms with Crippen LogP contribution in [0, 0.1) is 6.92 Å². The molecule has 1 aromatic carbocycles. The molecule has 110 valence electrons. The molecule has 4 heteroatoms. The van der Waals surface area contributed by atoms with Crippen LogP contribution in [0.3, 0.4) is 0 Å². The van der Waals surface area contributed by atoms with Crippen molar-refractivity contribution in [1.82, 2.24) is 0 Å². The van der Waals surface area contributed by atoms with Crippen molar-refractivity contribution in [3.8, 4) is 5.75 Å². The van der Waals surface area contributed by atoms with Gasteiger partial charge < -0.3 is 4.74 Å². The van der Waals surface area contributed by atoms with E-state index in [0.29, 0.717) is 5.02 Å². The third-order valence-corrected chi connectivity index (χ3v) is 3.95. The van der Waals surface area contributed by atoms with Crippen LogP contribution in [0.15, 0.2) is 28.3 Å². The van der Waals surface area contributed by atoms with Crippen molar-refractivity contribution >= 4 is 40.4 Å². The van der Waals surface area contributed by atoms with Crippen LogP contribution in [-0.4, -0.2) is 7.11 Å². The average molecular weight is 334 g/mol. The van der Waals surface area contributed by atoms with Crippen molar-refractivity contribution in [3.63, 3.8) is 0 Å². The molecular formula is C16H19Cl3O. The zero-order valence-electron chi connectivity index (χ0n) is 12.2. The van der Waals surface area contributed by atoms with Crippen LogP contribution in [0.2, 0.25) is 5.02 Å². The summed E-state index contributed by atoms with van der Waals surface area (Å²) < 4.78 is 5.24. The van der Waals surface area contributed by atoms with Crippen molar-refractivity contribution in [2.75, 3.05) is 7.11 Å². The lowest BCUT2D eigenvalue weighted by Gasteiger charge is -2.16. The van der Waals surface area contributed by atoms with Gasteiger partial charge in [-0.1, -0.05) is 48.7 Å². The number of ether oxygens (including phenoxy) is 1. The van der Waals surface area contributed by atoms with E-state index in [0.717, 1.165) is 45.4 Å². The SMILES string of the molecule is CC.COc1cc(Cl)c(C2=C(Cl)CCC(Cl)=C2)cc1C. The van der Waals surface area contributed by atoms with E-state index in [1.54, 1.807) is 13.2 Å². The van der Waals surface area contributed by atoms with Gasteiger partial charge in [0, 0.05) is 15.6 Å². The Balaban J connectivity index is 0.000000956. The summed E-state index contributed by atoms with van der Waals surface area (Å²) in [5, 5.41) is 2.22. The molecule has 0 fully saturated rings. The molecule has 0 N–H and O–H groups in total. The molecule has 0 unspecified atom stereocenters. The summed E-state index contributed by atoms with van der Waals surface area (Å²) in [4.78, 5) is 0. The molecule has 0 aliphatic heterocycles. The number of allylic oxidation sites excluding steroid dienone is 4. The number of benzene rings is 1. The Morgan fingerprint density at radius 1 is 1.05 bits per heavy atom. The van der Waals surface area contributed by atoms with E-state index in [-0.39, 0.29) is 0 Å². The molecule has 2 rings (SSSR count). The van der Waals surface area contributed by atoms with E-state index in [2.05, 4.69) is 0 Å². The third kappa shape index (κ3) is 3.94. The van der Waals surface area contributed by atoms with Crippen LogP contribution < -0.4 is 4.74 Å². The highest BCUT2D eigenvalue weighted by molar-refractivity contribution is 6.37. The highest BCUT2D eigenvalue weighted by Crippen LogP contribution is 2.39. The van der Waals surface area contributed by atoms with Gasteiger partial charge in [0.1, 0.15) is 5.75 Å². The van der Waals surface area contributed by atoms with Gasteiger partial charge in [0.25, 0.3) is 0 Å². The maximum absolute atomic E-state index is 6.28. The Labute approximate surface area is 136 Å². The van der Waals surface area contributed by atoms with Crippen LogP contribution in [0.5, 0.6) is 5.75 Å². The lowest BCUT2D eigenvalue weighted by atomic mass is 9.97. The Morgan fingerprint density at radius 3 is 2.30 bits per heavy atom. The molecule has 0 saturated carbocycles. The molecule has 0 amide bonds. The fraction of sp³-hybridized carbons (Fsp3) is 0.375. The standard InChI is InChI=1S/C14H13Cl3O.C2H6/c1-8-5-10(13(17)7-14(8)18-2)11-6-9(15)3-4-12(11)16;1-2/h5-7H,3-4H2,1-2H3;1-2H3. The van der Waals surface area contributed by atoms with Crippen LogP contribution in [-0.2, 0) is 0 Å². The highest BCUT2D eigenvalue weighted by Gasteiger charge is 2.16. The van der Waals surface area contributed by atoms with E-state index >= 15 is 0 Å². The van der Waals surface area contributed by atoms with Gasteiger partial charge in [0.15, 0.2) is 0 Å². The fourth-order valence-electron chi connectivity index (χ4n) is 1.98. The topological polar surface area (TPSA) is 9.23 Å². The molecular weight excluding hydrogens is 315 g/mol. The molecule has 0 heterocycles. The van der Waals surface area contributed by atoms with Gasteiger partial charge in [-0.2, -0.15) is 0 Å². The van der Waals surface area contributed by atoms with Crippen molar-refractivity contribution in [1.29, 1.82) is 0 Å². The average Bonchev–Trinajstić information content (AvgIpc) is 2.46. The van der Waals surface area contributed by atoms with Crippen LogP contribution in [0.1, 0.15) is 37.8 Å². The number of halogens is 3. The van der Waals surface area contributed by atoms with Gasteiger partial charge in [-0.15, -0.1) is 0 Å². The summed E-state index contributed by atoms with van der Waals surface area (Å²) in [5.74, 6) is 0.770. The first kappa shape index (κ1) is 17.4. The summed E-state index contributed by atoms with van der Waals surface area (Å²) in [6, 6.07) is 3.78. The molecule has 0 aromatic heterocycles. The largest absolute Gasteiger partial charge is 0.496 e. The van der Waals surface area contributed by atoms with E-state index in [1.165, 1.54) is 0 Å². The van der Waals surface area contributed by atoms with Crippen molar-refractivity contribution in [2.45, 2.75) is 33.6 Å². The Kier molecular flexibility index (Phi) is 6.94. The molecule has 0 spiro atoms. The summed E-state index contributed by atoms with van der Waals surface area (Å²) in [5.41, 5.74) is 2.82. The molecule has 1 aromatic rings. The second kappa shape index (κ2) is 7.97. The summed E-state index contributed by atoms with van der Waals surface area (Å²) in [6.07, 6.45) is 3.44. The van der Waals surface area contributed by atoms with Crippen molar-refractivity contribution < 1.29 is 4.74 Å². The van der Waals surface area contributed by atoms with Gasteiger partial charge in [-0.25, -0.2) is 0 Å². The maximum atomic E-state index is 6.28. The van der Waals surface area contributed by atoms with E-state index in [9.17, 15) is 0 Å². The maximum Gasteiger partial charge on any atom is 0.123 e. The Hall–Kier alpha value is -0.630. The number of hydrogen-bond donors (Lipinski definition) is 0. The van der Waals surface area contributed by atoms with Gasteiger partial charge in [0.05, 0.1) is 12.1 Å². The zero-order valence-corrected chi connectivity index (χ0v) is 14.5. The van der Waals surface area contributed by atoms with Gasteiger partial charge in [0.2, 0.25) is 0 Å². The molecule has 1 aliphatic rings. The predicted octanol–water partition coefficient (Wildman–Crippen LogP) is 6.55. The van der Waals surface area contributed by atoms with Crippen LogP contribution >= 0.6 is 34.8 Å². The molecule has 0 saturated heterocycles. The van der Waals surface area contributed by atoms with E-state index < -0.39 is 0 Å². The smallest absolute Gasteiger partial charge is 0.123 e. The first-order chi connectivity index (χ1) is 9.52. The second-order valence-electron chi connectivity index (χ2n) is 4.21. The molecule has 0 bridgehead atoms. The molecule has 1 aliphatic carbocycles. The number of aryl methyl sites for hydroxylation is 1. The molecule has 20 heavy (non-hydrogen) atoms. The summed E-state index contributed by atoms with van der Waals surface area (Å²) in [6.45, 7) is 5.97. The Morgan fingerprint density at radius 2 is 1.70 bits per heavy atom. The molecule has 0 radical (unpaired) electrons. The van der Waals surface area contributed by atoms with E-state index in [4.69, 9.17) is 39.5 Å². The third-order valence-electron chi connectivity index (χ3n) is 2.95. The highest BCUT2D eigenvalue weighted by atomic mass is 35.5. The number of methoxy groups -OCH3 is 1. The van der Waals surface area contributed by atoms with Gasteiger partial charge in [-0.05, 0) is 49.1 Å². The summed E-state index contributed by atoms with van der Waals surface area (Å²) in [7, 11) is 1.63. The summed E-state index contributed by atoms with van der Waals surface area (Å²) >= 11 is 18.6. The lowest BCUT2D eigenvalue weighted by Crippen LogP contribution is -1.96. The first-order valence-corrected chi connectivity index (χ1v) is 7.75. The molecule has 0 atom stereocenters. The molecule has 1 nitrogen and oxygen atoms in total. The Bertz CT molecular complexity index is 545. The normalized spacial score (nSPS) is 14.4. The zero-order chi connectivity index (χ0) is 15.3. The minimum atomic E-state index is 0.619. The first-order valence-electron chi connectivity index (χ1n) is 6.62. The van der Waals surface area contributed by atoms with E-state index in [1.807, 2.05) is 32.9 Å². The minimum Gasteiger partial charge on any atom is -0.496 e. The van der Waals surface area contributed by atoms with Crippen molar-refractivity contribution in [2.24, 2.45) is 0 Å². The van der Waals surface area contributed by atoms with Gasteiger partial charge in [-0.3, -0.25) is 0 Å². The van der Waals surface area contributed by atoms with Crippen LogP contribution in [0.25, 0.3) is 5.57 Å². The lowest BCUT2D eigenvalue weighted by molar-refractivity contribution is 0.411. The second-order valence-corrected chi connectivity index (χ2v) is 5.56. The predicted molar refractivity (Wildman–Crippen MR) is 90.0 cm³/mol. The quantitative estimate of drug-likeness (QED) is 0.596. The monoisotopic (exact) mass is 332 g/mol. The minimum absolute atomic E-state index is 0.619. The fourth-order valence-corrected chi connectivity index (χ4v) is 2.69. The van der Waals surface area contributed by atoms with Crippen LogP contribution in [0.4, 0.5) is 0 Å².